The fraction of sp³-hybridized carbons (Fsp3) is 0. The monoisotopic (exact) mass is 141 g/mol. The molecule has 0 aliphatic heterocycles. The molecule has 0 heterocycles. The van der Waals surface area contributed by atoms with E-state index in [-0.39, 0.29) is 0 Å². The maximum atomic E-state index is 9.46. The van der Waals surface area contributed by atoms with Gasteiger partial charge in [0, 0.05) is 0 Å². The molecular weight excluding hydrogens is 142 g/mol. The van der Waals surface area contributed by atoms with E-state index >= 15 is 0 Å². The Morgan fingerprint density at radius 2 is 2.00 bits per heavy atom. The number of rotatable bonds is 0. The summed E-state index contributed by atoms with van der Waals surface area (Å²) in [6.45, 7) is 0. The molecule has 6 heteroatoms. The quantitative estimate of drug-likeness (QED) is 0.363. The number of carbonyl (C=O) groups excluding carboxylic acids is 1. The largest absolute Gasteiger partial charge is 0.354 e. The Morgan fingerprint density at radius 1 is 1.57 bits per heavy atom. The molecule has 0 aliphatic rings. The van der Waals surface area contributed by atoms with Crippen molar-refractivity contribution in [2.75, 3.05) is 0 Å². The molecule has 0 atom stereocenters. The van der Waals surface area contributed by atoms with Gasteiger partial charge in [0.2, 0.25) is 0 Å². The van der Waals surface area contributed by atoms with Crippen LogP contribution < -0.4 is 0 Å². The number of amides is 1. The number of nitrogens with zero attached hydrogens (tertiary/aromatic N) is 1. The van der Waals surface area contributed by atoms with E-state index in [1.807, 2.05) is 0 Å². The number of carbonyl (C=O) groups is 1. The zero-order valence-corrected chi connectivity index (χ0v) is 4.53. The number of hydrogen-bond donors (Lipinski definition) is 0. The van der Waals surface area contributed by atoms with Crippen LogP contribution in [-0.4, -0.2) is 13.8 Å². The Hall–Kier alpha value is -0.420. The maximum Gasteiger partial charge on any atom is 0.354 e. The van der Waals surface area contributed by atoms with E-state index in [1.54, 1.807) is 0 Å². The summed E-state index contributed by atoms with van der Waals surface area (Å²) in [5.74, 6) is 0. The SMILES string of the molecule is O=C(Cl)N=S(=O)=O. The van der Waals surface area contributed by atoms with Crippen LogP contribution in [0.4, 0.5) is 4.79 Å². The third-order valence-corrected chi connectivity index (χ3v) is 0.646. The van der Waals surface area contributed by atoms with Gasteiger partial charge in [-0.25, -0.2) is 0 Å². The first-order valence-corrected chi connectivity index (χ1v) is 2.54. The first kappa shape index (κ1) is 6.58. The van der Waals surface area contributed by atoms with Crippen LogP contribution in [0.25, 0.3) is 0 Å². The number of hydrogen-bond acceptors (Lipinski definition) is 3. The van der Waals surface area contributed by atoms with Gasteiger partial charge < -0.3 is 0 Å². The third kappa shape index (κ3) is 5.58. The van der Waals surface area contributed by atoms with Crippen LogP contribution in [0.5, 0.6) is 0 Å². The van der Waals surface area contributed by atoms with E-state index < -0.39 is 15.9 Å². The maximum absolute atomic E-state index is 9.46. The Morgan fingerprint density at radius 3 is 2.00 bits per heavy atom. The molecule has 0 aliphatic carbocycles. The lowest BCUT2D eigenvalue weighted by atomic mass is 11.5. The van der Waals surface area contributed by atoms with Crippen LogP contribution >= 0.6 is 11.6 Å². The molecule has 0 bridgehead atoms. The summed E-state index contributed by atoms with van der Waals surface area (Å²) in [6, 6.07) is 0. The zero-order chi connectivity index (χ0) is 5.86. The molecule has 0 rings (SSSR count). The van der Waals surface area contributed by atoms with Gasteiger partial charge in [-0.3, -0.25) is 4.79 Å². The molecule has 1 amide bonds. The van der Waals surface area contributed by atoms with Gasteiger partial charge in [0.05, 0.1) is 0 Å². The summed E-state index contributed by atoms with van der Waals surface area (Å²) in [6.07, 6.45) is 0. The Labute approximate surface area is 45.8 Å². The van der Waals surface area contributed by atoms with Crippen molar-refractivity contribution in [3.05, 3.63) is 0 Å². The van der Waals surface area contributed by atoms with Crippen molar-refractivity contribution in [3.63, 3.8) is 0 Å². The van der Waals surface area contributed by atoms with E-state index in [0.29, 0.717) is 0 Å². The van der Waals surface area contributed by atoms with Gasteiger partial charge in [0.15, 0.2) is 0 Å². The highest BCUT2D eigenvalue weighted by Crippen LogP contribution is 1.80. The van der Waals surface area contributed by atoms with Gasteiger partial charge in [-0.2, -0.15) is 8.42 Å². The first-order chi connectivity index (χ1) is 3.13. The van der Waals surface area contributed by atoms with E-state index in [1.165, 1.54) is 0 Å². The fourth-order valence-corrected chi connectivity index (χ4v) is 0.345. The summed E-state index contributed by atoms with van der Waals surface area (Å²) in [5.41, 5.74) is 0. The van der Waals surface area contributed by atoms with Crippen LogP contribution in [0.3, 0.4) is 0 Å². The van der Waals surface area contributed by atoms with Crippen LogP contribution in [-0.2, 0) is 10.5 Å². The molecule has 0 radical (unpaired) electrons. The van der Waals surface area contributed by atoms with Crippen molar-refractivity contribution in [1.82, 2.24) is 0 Å². The standard InChI is InChI=1S/CClNO3S/c2-1(4)3-7(5)6. The minimum atomic E-state index is -2.70. The molecule has 0 fully saturated rings. The van der Waals surface area contributed by atoms with E-state index in [4.69, 9.17) is 0 Å². The van der Waals surface area contributed by atoms with Crippen molar-refractivity contribution in [2.24, 2.45) is 4.36 Å². The predicted molar refractivity (Wildman–Crippen MR) is 22.6 cm³/mol. The second-order valence-electron chi connectivity index (χ2n) is 0.561. The highest BCUT2D eigenvalue weighted by atomic mass is 35.5. The minimum absolute atomic E-state index is 1.23. The first-order valence-electron chi connectivity index (χ1n) is 1.13. The summed E-state index contributed by atoms with van der Waals surface area (Å²) in [7, 11) is -2.70. The van der Waals surface area contributed by atoms with Crippen LogP contribution in [0.15, 0.2) is 4.36 Å². The van der Waals surface area contributed by atoms with Crippen LogP contribution in [0.2, 0.25) is 0 Å². The van der Waals surface area contributed by atoms with Gasteiger partial charge in [-0.15, -0.1) is 0 Å². The van der Waals surface area contributed by atoms with Gasteiger partial charge in [-0.1, -0.05) is 4.36 Å². The van der Waals surface area contributed by atoms with Gasteiger partial charge in [0.1, 0.15) is 0 Å². The van der Waals surface area contributed by atoms with Crippen molar-refractivity contribution in [2.45, 2.75) is 0 Å². The molecule has 0 aromatic heterocycles. The normalized spacial score (nSPS) is 7.57. The summed E-state index contributed by atoms with van der Waals surface area (Å²) < 4.78 is 21.0. The zero-order valence-electron chi connectivity index (χ0n) is 2.96. The molecule has 7 heavy (non-hydrogen) atoms. The lowest BCUT2D eigenvalue weighted by molar-refractivity contribution is 0.267. The minimum Gasteiger partial charge on any atom is -0.252 e. The van der Waals surface area contributed by atoms with Gasteiger partial charge >= 0.3 is 15.9 Å². The van der Waals surface area contributed by atoms with Crippen LogP contribution in [0, 0.1) is 0 Å². The van der Waals surface area contributed by atoms with Crippen molar-refractivity contribution >= 4 is 27.5 Å². The third-order valence-electron chi connectivity index (χ3n) is 0.146. The van der Waals surface area contributed by atoms with Crippen LogP contribution in [0.1, 0.15) is 0 Å². The van der Waals surface area contributed by atoms with Crippen molar-refractivity contribution in [1.29, 1.82) is 0 Å². The molecule has 0 unspecified atom stereocenters. The van der Waals surface area contributed by atoms with Gasteiger partial charge in [-0.05, 0) is 11.6 Å². The highest BCUT2D eigenvalue weighted by molar-refractivity contribution is 7.62. The summed E-state index contributed by atoms with van der Waals surface area (Å²) in [4.78, 5) is 9.46. The molecule has 0 aromatic rings. The topological polar surface area (TPSA) is 63.6 Å². The average molecular weight is 142 g/mol. The molecule has 0 spiro atoms. The van der Waals surface area contributed by atoms with E-state index in [9.17, 15) is 13.2 Å². The molecule has 0 saturated carbocycles. The molecule has 4 nitrogen and oxygen atoms in total. The highest BCUT2D eigenvalue weighted by Gasteiger charge is 1.84. The number of halogens is 1. The average Bonchev–Trinajstić information content (AvgIpc) is 1.27. The molecule has 0 saturated heterocycles. The summed E-state index contributed by atoms with van der Waals surface area (Å²) in [5, 5.41) is -1.23. The van der Waals surface area contributed by atoms with Crippen molar-refractivity contribution in [3.8, 4) is 0 Å². The Bertz CT molecular complexity index is 183. The van der Waals surface area contributed by atoms with E-state index in [2.05, 4.69) is 16.0 Å². The Balaban J connectivity index is 4.26. The molecule has 0 aromatic carbocycles. The lowest BCUT2D eigenvalue weighted by Crippen LogP contribution is -1.68. The van der Waals surface area contributed by atoms with E-state index in [0.717, 1.165) is 0 Å². The molecule has 40 valence electrons. The van der Waals surface area contributed by atoms with Crippen molar-refractivity contribution < 1.29 is 13.2 Å². The molecular formula is CClNO3S. The fourth-order valence-electron chi connectivity index (χ4n) is 0.0586. The molecule has 0 N–H and O–H groups in total. The van der Waals surface area contributed by atoms with Gasteiger partial charge in [0.25, 0.3) is 0 Å². The lowest BCUT2D eigenvalue weighted by Gasteiger charge is -1.58. The second kappa shape index (κ2) is 2.70. The second-order valence-corrected chi connectivity index (χ2v) is 1.50. The summed E-state index contributed by atoms with van der Waals surface area (Å²) >= 11 is 4.47. The smallest absolute Gasteiger partial charge is 0.252 e. The Kier molecular flexibility index (Phi) is 2.54. The predicted octanol–water partition coefficient (Wildman–Crippen LogP) is 0.408.